The fourth-order valence-electron chi connectivity index (χ4n) is 13.2. The van der Waals surface area contributed by atoms with Gasteiger partial charge in [0, 0.05) is 65.8 Å². The molecular formula is C80H110N20O17S. The molecule has 3 heterocycles. The number of unbranched alkanes of at least 4 members (excludes halogenated alkanes) is 2. The van der Waals surface area contributed by atoms with Gasteiger partial charge in [-0.2, -0.15) is 0 Å². The Kier molecular flexibility index (Phi) is 36.7. The van der Waals surface area contributed by atoms with Crippen LogP contribution in [0, 0.1) is 17.2 Å². The van der Waals surface area contributed by atoms with E-state index in [9.17, 15) is 72.5 Å². The Morgan fingerprint density at radius 1 is 0.508 bits per heavy atom. The summed E-state index contributed by atoms with van der Waals surface area (Å²) in [5.41, 5.74) is 20.2. The fraction of sp³-hybridized carbons (Fsp3) is 0.475. The number of carboxylic acid groups (broad SMARTS) is 1. The van der Waals surface area contributed by atoms with Gasteiger partial charge in [0.1, 0.15) is 66.5 Å². The summed E-state index contributed by atoms with van der Waals surface area (Å²) in [5, 5.41) is 67.5. The number of rotatable bonds is 24. The van der Waals surface area contributed by atoms with E-state index in [0.717, 1.165) is 22.5 Å². The van der Waals surface area contributed by atoms with Crippen LogP contribution in [0.3, 0.4) is 0 Å². The summed E-state index contributed by atoms with van der Waals surface area (Å²) in [5.74, 6) is -17.6. The van der Waals surface area contributed by atoms with E-state index in [-0.39, 0.29) is 76.6 Å². The number of thioether (sulfide) groups is 1. The number of aromatic amines is 2. The molecule has 1 fully saturated rings. The maximum Gasteiger partial charge on any atom is 0.305 e. The quantitative estimate of drug-likeness (QED) is 0.0184. The van der Waals surface area contributed by atoms with Gasteiger partial charge < -0.3 is 112 Å². The monoisotopic (exact) mass is 1650 g/mol. The van der Waals surface area contributed by atoms with E-state index in [1.54, 1.807) is 107 Å². The van der Waals surface area contributed by atoms with Crippen molar-refractivity contribution in [2.45, 2.75) is 185 Å². The molecule has 38 heteroatoms. The van der Waals surface area contributed by atoms with Crippen LogP contribution in [0.2, 0.25) is 0 Å². The van der Waals surface area contributed by atoms with Crippen LogP contribution in [0.25, 0.3) is 32.6 Å². The minimum Gasteiger partial charge on any atom is -0.481 e. The van der Waals surface area contributed by atoms with E-state index in [1.165, 1.54) is 0 Å². The van der Waals surface area contributed by atoms with Gasteiger partial charge in [-0.25, -0.2) is 0 Å². The van der Waals surface area contributed by atoms with Gasteiger partial charge >= 0.3 is 5.97 Å². The first-order valence-electron chi connectivity index (χ1n) is 39.3. The van der Waals surface area contributed by atoms with E-state index in [1.807, 2.05) is 31.2 Å². The number of benzene rings is 4. The van der Waals surface area contributed by atoms with Crippen LogP contribution in [0.1, 0.15) is 116 Å². The zero-order chi connectivity index (χ0) is 86.1. The molecule has 25 N–H and O–H groups in total. The minimum absolute atomic E-state index is 0.00882. The highest BCUT2D eigenvalue weighted by Gasteiger charge is 2.39. The molecule has 0 radical (unpaired) electrons. The largest absolute Gasteiger partial charge is 0.481 e. The first-order chi connectivity index (χ1) is 56.4. The molecule has 1 aliphatic heterocycles. The zero-order valence-electron chi connectivity index (χ0n) is 66.6. The Balaban J connectivity index is 1.25. The molecule has 0 bridgehead atoms. The Labute approximate surface area is 685 Å². The van der Waals surface area contributed by atoms with E-state index >= 15 is 9.59 Å². The lowest BCUT2D eigenvalue weighted by Crippen LogP contribution is -2.61. The number of aliphatic hydroxyl groups is 1. The van der Waals surface area contributed by atoms with Gasteiger partial charge in [0.15, 0.2) is 5.96 Å². The number of carbonyl (C=O) groups is 15. The van der Waals surface area contributed by atoms with Gasteiger partial charge in [0.05, 0.1) is 31.9 Å². The molecule has 1 saturated heterocycles. The Morgan fingerprint density at radius 3 is 1.53 bits per heavy atom. The number of hydrogen-bond acceptors (Lipinski definition) is 19. The predicted molar refractivity (Wildman–Crippen MR) is 441 cm³/mol. The number of aromatic nitrogens is 2. The molecule has 0 spiro atoms. The molecule has 14 amide bonds. The summed E-state index contributed by atoms with van der Waals surface area (Å²) >= 11 is 0.852. The molecule has 0 unspecified atom stereocenters. The molecule has 1 aliphatic rings. The lowest BCUT2D eigenvalue weighted by Gasteiger charge is -2.29. The lowest BCUT2D eigenvalue weighted by molar-refractivity contribution is -0.141. The highest BCUT2D eigenvalue weighted by Crippen LogP contribution is 2.24. The third-order valence-electron chi connectivity index (χ3n) is 20.0. The molecular weight excluding hydrogens is 1550 g/mol. The van der Waals surface area contributed by atoms with Crippen LogP contribution >= 0.6 is 11.8 Å². The zero-order valence-corrected chi connectivity index (χ0v) is 67.4. The third-order valence-corrected chi connectivity index (χ3v) is 21.0. The molecule has 6 aromatic rings. The van der Waals surface area contributed by atoms with E-state index in [0.29, 0.717) is 57.8 Å². The number of H-pyrrole nitrogens is 2. The number of amides is 14. The summed E-state index contributed by atoms with van der Waals surface area (Å²) < 4.78 is 0. The van der Waals surface area contributed by atoms with Crippen molar-refractivity contribution in [3.63, 3.8) is 0 Å². The maximum atomic E-state index is 15.1. The van der Waals surface area contributed by atoms with Gasteiger partial charge in [-0.15, -0.1) is 11.8 Å². The van der Waals surface area contributed by atoms with Crippen molar-refractivity contribution in [1.29, 1.82) is 5.41 Å². The van der Waals surface area contributed by atoms with E-state index < -0.39 is 205 Å². The summed E-state index contributed by atoms with van der Waals surface area (Å²) in [6.45, 7) is 5.82. The number of nitrogens with two attached hydrogens (primary N) is 3. The van der Waals surface area contributed by atoms with Crippen LogP contribution in [0.5, 0.6) is 0 Å². The number of nitrogens with one attached hydrogen (secondary N) is 17. The van der Waals surface area contributed by atoms with Crippen molar-refractivity contribution in [1.82, 2.24) is 84.4 Å². The molecule has 638 valence electrons. The number of fused-ring (bicyclic) bond motifs is 3. The van der Waals surface area contributed by atoms with Gasteiger partial charge in [0.25, 0.3) is 0 Å². The smallest absolute Gasteiger partial charge is 0.305 e. The number of aliphatic carboxylic acids is 1. The van der Waals surface area contributed by atoms with Crippen LogP contribution in [-0.4, -0.2) is 226 Å². The van der Waals surface area contributed by atoms with Crippen molar-refractivity contribution >= 4 is 139 Å². The summed E-state index contributed by atoms with van der Waals surface area (Å²) in [6.07, 6.45) is 2.74. The normalized spacial score (nSPS) is 22.8. The number of carboxylic acids is 1. The summed E-state index contributed by atoms with van der Waals surface area (Å²) in [4.78, 5) is 220. The van der Waals surface area contributed by atoms with Gasteiger partial charge in [-0.1, -0.05) is 133 Å². The van der Waals surface area contributed by atoms with E-state index in [2.05, 4.69) is 84.4 Å². The average molecular weight is 1660 g/mol. The molecule has 0 saturated carbocycles. The highest BCUT2D eigenvalue weighted by atomic mass is 32.2. The van der Waals surface area contributed by atoms with Gasteiger partial charge in [-0.3, -0.25) is 77.3 Å². The fourth-order valence-corrected chi connectivity index (χ4v) is 14.1. The standard InChI is InChI=1S/C80H110N20O17S/c1-6-8-22-55-72(110)92-56(25-15-16-29-81)73(111)94-59(34-49-37-87-53-24-14-12-21-51(49)53)77(115)99-67(43(3)4)78(116)98-62(69(82)107)41-118-42-65(104)88-38-63(102)91-57(32-45-27-28-46-18-9-10-19-47(46)31-45)76(114)100-68(44(5)7-2)79(117)97-61(40-101)70(108)89-39-64(103)90-54(26-17-30-85-80(83)84)71(109)96-60(35-66(105)106)75(113)95-58(74(112)93-55)33-48-36-86-52-23-13-11-20-50(48)52/h9-14,18-21,23-24,27-28,31,36-37,43-44,54-62,67-68,86-87,101H,6-8,15-17,22,25-26,29-30,32-35,38-42,81H2,1-5H3,(H2,82,107)(H,88,104)(H,89,108)(H,90,103)(H,91,102)(H,92,110)(H,93,112)(H,94,111)(H,95,113)(H,96,109)(H,97,117)(H,98,116)(H,99,115)(H,100,114)(H,105,106)(H4,83,84,85)/t44-,54+,55+,56-,57+,58-,59-,60-,61-,62-,67-,68-/m0/s1. The van der Waals surface area contributed by atoms with Crippen molar-refractivity contribution < 1.29 is 82.1 Å². The Hall–Kier alpha value is -12.2. The highest BCUT2D eigenvalue weighted by molar-refractivity contribution is 8.00. The lowest BCUT2D eigenvalue weighted by atomic mass is 9.96. The molecule has 118 heavy (non-hydrogen) atoms. The maximum absolute atomic E-state index is 15.1. The van der Waals surface area contributed by atoms with Gasteiger partial charge in [0.2, 0.25) is 82.7 Å². The minimum atomic E-state index is -2.00. The number of para-hydroxylation sites is 2. The van der Waals surface area contributed by atoms with Crippen LogP contribution in [0.15, 0.2) is 103 Å². The van der Waals surface area contributed by atoms with Crippen LogP contribution in [-0.2, 0) is 91.2 Å². The second kappa shape index (κ2) is 46.5. The first-order valence-corrected chi connectivity index (χ1v) is 40.5. The van der Waals surface area contributed by atoms with Gasteiger partial charge in [-0.05, 0) is 96.5 Å². The molecule has 0 aliphatic carbocycles. The van der Waals surface area contributed by atoms with E-state index in [4.69, 9.17) is 22.6 Å². The van der Waals surface area contributed by atoms with Crippen molar-refractivity contribution in [2.75, 3.05) is 44.3 Å². The number of hydrogen-bond donors (Lipinski definition) is 22. The first kappa shape index (κ1) is 93.0. The topological polar surface area (TPSA) is 598 Å². The predicted octanol–water partition coefficient (Wildman–Crippen LogP) is -1.62. The Morgan fingerprint density at radius 2 is 0.983 bits per heavy atom. The average Bonchev–Trinajstić information content (AvgIpc) is 1.71. The molecule has 37 nitrogen and oxygen atoms in total. The second-order valence-corrected chi connectivity index (χ2v) is 30.4. The van der Waals surface area contributed by atoms with Crippen molar-refractivity contribution in [3.05, 3.63) is 120 Å². The molecule has 4 aromatic carbocycles. The molecule has 12 atom stereocenters. The van der Waals surface area contributed by atoms with Crippen molar-refractivity contribution in [2.24, 2.45) is 29.0 Å². The van der Waals surface area contributed by atoms with Crippen LogP contribution in [0.4, 0.5) is 0 Å². The second-order valence-electron chi connectivity index (χ2n) is 29.4. The number of aliphatic hydroxyl groups excluding tert-OH is 1. The SMILES string of the molecule is CCCC[C@H]1NC(=O)[C@H](Cc2c[nH]c3ccccc23)NC(=O)[C@H](CC(=O)O)NC(=O)[C@@H](CCCNC(=N)N)NC(=O)CNC(=O)[C@H](CO)NC(=O)[C@H]([C@@H](C)CC)NC(=O)[C@@H](Cc2ccc3ccccc3c2)NC(=O)CNC(=O)CSC[C@@H](C(N)=O)NC(=O)[C@H](C(C)C)NC(=O)[C@H](Cc2c[nH]c3ccccc23)NC(=O)[C@H](CCCCN)NC1=O. The third kappa shape index (κ3) is 28.6. The summed E-state index contributed by atoms with van der Waals surface area (Å²) in [7, 11) is 0. The van der Waals surface area contributed by atoms with Crippen molar-refractivity contribution in [3.8, 4) is 0 Å². The van der Waals surface area contributed by atoms with Crippen LogP contribution < -0.4 is 91.6 Å². The number of carbonyl (C=O) groups excluding carboxylic acids is 14. The molecule has 7 rings (SSSR count). The Bertz CT molecular complexity index is 4550. The number of guanidine groups is 1. The summed E-state index contributed by atoms with van der Waals surface area (Å²) in [6, 6.07) is 9.58. The molecule has 2 aromatic heterocycles. The number of primary amides is 1.